The van der Waals surface area contributed by atoms with Gasteiger partial charge in [-0.2, -0.15) is 0 Å². The van der Waals surface area contributed by atoms with Crippen molar-refractivity contribution in [2.45, 2.75) is 33.9 Å². The van der Waals surface area contributed by atoms with Crippen molar-refractivity contribution in [3.05, 3.63) is 57.9 Å². The minimum absolute atomic E-state index is 0. The zero-order valence-electron chi connectivity index (χ0n) is 15.7. The van der Waals surface area contributed by atoms with Crippen molar-refractivity contribution in [2.75, 3.05) is 6.54 Å². The molecule has 0 spiro atoms. The van der Waals surface area contributed by atoms with Crippen LogP contribution < -0.4 is 10.6 Å². The van der Waals surface area contributed by atoms with Gasteiger partial charge in [-0.3, -0.25) is 0 Å². The van der Waals surface area contributed by atoms with E-state index in [1.54, 1.807) is 17.6 Å². The minimum Gasteiger partial charge on any atom is -0.444 e. The van der Waals surface area contributed by atoms with E-state index >= 15 is 0 Å². The molecule has 1 aromatic carbocycles. The fourth-order valence-corrected chi connectivity index (χ4v) is 3.24. The predicted octanol–water partition coefficient (Wildman–Crippen LogP) is 4.29. The first-order valence-corrected chi connectivity index (χ1v) is 9.42. The third-order valence-electron chi connectivity index (χ3n) is 3.80. The van der Waals surface area contributed by atoms with Crippen LogP contribution in [-0.4, -0.2) is 22.5 Å². The first-order chi connectivity index (χ1) is 12.7. The summed E-state index contributed by atoms with van der Waals surface area (Å²) in [5, 5.41) is 7.61. The van der Waals surface area contributed by atoms with Gasteiger partial charge in [0.1, 0.15) is 17.0 Å². The monoisotopic (exact) mass is 497 g/mol. The maximum absolute atomic E-state index is 5.56. The average molecular weight is 497 g/mol. The van der Waals surface area contributed by atoms with Crippen LogP contribution in [0.25, 0.3) is 11.5 Å². The first kappa shape index (κ1) is 21.4. The van der Waals surface area contributed by atoms with Crippen molar-refractivity contribution in [1.82, 2.24) is 20.6 Å². The average Bonchev–Trinajstić information content (AvgIpc) is 3.25. The summed E-state index contributed by atoms with van der Waals surface area (Å²) in [4.78, 5) is 14.9. The quantitative estimate of drug-likeness (QED) is 0.302. The Morgan fingerprint density at radius 3 is 2.59 bits per heavy atom. The summed E-state index contributed by atoms with van der Waals surface area (Å²) in [6.07, 6.45) is 1.66. The summed E-state index contributed by atoms with van der Waals surface area (Å²) in [6.45, 7) is 8.05. The number of hydrogen-bond acceptors (Lipinski definition) is 5. The predicted molar refractivity (Wildman–Crippen MR) is 121 cm³/mol. The van der Waals surface area contributed by atoms with Gasteiger partial charge < -0.3 is 15.1 Å². The van der Waals surface area contributed by atoms with Gasteiger partial charge in [0.2, 0.25) is 5.89 Å². The van der Waals surface area contributed by atoms with Crippen molar-refractivity contribution >= 4 is 41.3 Å². The number of nitrogens with zero attached hydrogens (tertiary/aromatic N) is 3. The molecule has 6 nitrogen and oxygen atoms in total. The minimum atomic E-state index is 0. The number of thiazole rings is 1. The van der Waals surface area contributed by atoms with E-state index in [-0.39, 0.29) is 24.0 Å². The Kier molecular flexibility index (Phi) is 8.23. The van der Waals surface area contributed by atoms with Crippen LogP contribution in [0.3, 0.4) is 0 Å². The number of hydrogen-bond donors (Lipinski definition) is 2. The van der Waals surface area contributed by atoms with Gasteiger partial charge in [-0.05, 0) is 32.9 Å². The molecule has 144 valence electrons. The van der Waals surface area contributed by atoms with Crippen LogP contribution in [0.15, 0.2) is 46.0 Å². The maximum atomic E-state index is 5.56. The summed E-state index contributed by atoms with van der Waals surface area (Å²) >= 11 is 1.71. The topological polar surface area (TPSA) is 75.3 Å². The fraction of sp³-hybridized carbons (Fsp3) is 0.316. The lowest BCUT2D eigenvalue weighted by Crippen LogP contribution is -2.36. The van der Waals surface area contributed by atoms with Gasteiger partial charge in [-0.1, -0.05) is 18.2 Å². The molecule has 0 bridgehead atoms. The highest BCUT2D eigenvalue weighted by Crippen LogP contribution is 2.18. The molecule has 0 amide bonds. The third-order valence-corrected chi connectivity index (χ3v) is 4.87. The second-order valence-electron chi connectivity index (χ2n) is 5.81. The molecule has 0 unspecified atom stereocenters. The first-order valence-electron chi connectivity index (χ1n) is 8.60. The van der Waals surface area contributed by atoms with Gasteiger partial charge in [0, 0.05) is 17.0 Å². The van der Waals surface area contributed by atoms with Gasteiger partial charge >= 0.3 is 0 Å². The Morgan fingerprint density at radius 2 is 1.93 bits per heavy atom. The second kappa shape index (κ2) is 10.4. The van der Waals surface area contributed by atoms with Crippen LogP contribution in [-0.2, 0) is 13.1 Å². The molecule has 3 rings (SSSR count). The highest BCUT2D eigenvalue weighted by atomic mass is 127. The number of halogens is 1. The third kappa shape index (κ3) is 6.03. The summed E-state index contributed by atoms with van der Waals surface area (Å²) < 4.78 is 5.56. The molecule has 3 aromatic rings. The van der Waals surface area contributed by atoms with E-state index in [2.05, 4.69) is 32.5 Å². The summed E-state index contributed by atoms with van der Waals surface area (Å²) in [6, 6.07) is 9.85. The Hall–Kier alpha value is -1.94. The molecule has 0 radical (unpaired) electrons. The molecule has 0 aliphatic carbocycles. The standard InChI is InChI=1S/C19H23N5OS.HI/c1-4-20-19(22-11-17-23-13(2)14(3)26-17)21-10-16-12-25-18(24-16)15-8-6-5-7-9-15;/h5-9,12H,4,10-11H2,1-3H3,(H2,20,21,22);1H. The number of aryl methyl sites for hydroxylation is 2. The van der Waals surface area contributed by atoms with Crippen molar-refractivity contribution in [3.63, 3.8) is 0 Å². The number of benzene rings is 1. The van der Waals surface area contributed by atoms with E-state index in [4.69, 9.17) is 4.42 Å². The van der Waals surface area contributed by atoms with E-state index < -0.39 is 0 Å². The normalized spacial score (nSPS) is 11.1. The lowest BCUT2D eigenvalue weighted by atomic mass is 10.2. The number of oxazole rings is 1. The maximum Gasteiger partial charge on any atom is 0.226 e. The molecular formula is C19H24IN5OS. The molecule has 27 heavy (non-hydrogen) atoms. The summed E-state index contributed by atoms with van der Waals surface area (Å²) in [5.74, 6) is 1.35. The molecule has 8 heteroatoms. The van der Waals surface area contributed by atoms with Crippen LogP contribution in [0.5, 0.6) is 0 Å². The van der Waals surface area contributed by atoms with Crippen LogP contribution in [0.1, 0.15) is 28.2 Å². The van der Waals surface area contributed by atoms with Gasteiger partial charge in [0.05, 0.1) is 18.8 Å². The van der Waals surface area contributed by atoms with Crippen LogP contribution in [0, 0.1) is 13.8 Å². The molecule has 2 N–H and O–H groups in total. The fourth-order valence-electron chi connectivity index (χ4n) is 2.37. The van der Waals surface area contributed by atoms with Crippen LogP contribution in [0.4, 0.5) is 0 Å². The smallest absolute Gasteiger partial charge is 0.226 e. The number of guanidine groups is 1. The van der Waals surface area contributed by atoms with E-state index in [1.807, 2.05) is 44.2 Å². The van der Waals surface area contributed by atoms with Gasteiger partial charge in [0.25, 0.3) is 0 Å². The van der Waals surface area contributed by atoms with E-state index in [0.717, 1.165) is 34.5 Å². The zero-order chi connectivity index (χ0) is 18.4. The Labute approximate surface area is 180 Å². The zero-order valence-corrected chi connectivity index (χ0v) is 18.8. The largest absolute Gasteiger partial charge is 0.444 e. The highest BCUT2D eigenvalue weighted by Gasteiger charge is 2.07. The Bertz CT molecular complexity index is 856. The number of nitrogens with one attached hydrogen (secondary N) is 2. The van der Waals surface area contributed by atoms with Crippen molar-refractivity contribution < 1.29 is 4.42 Å². The molecular weight excluding hydrogens is 473 g/mol. The molecule has 0 saturated heterocycles. The van der Waals surface area contributed by atoms with Crippen molar-refractivity contribution in [2.24, 2.45) is 4.99 Å². The molecule has 0 aliphatic rings. The van der Waals surface area contributed by atoms with E-state index in [0.29, 0.717) is 19.0 Å². The van der Waals surface area contributed by atoms with Gasteiger partial charge in [-0.25, -0.2) is 15.0 Å². The van der Waals surface area contributed by atoms with Crippen molar-refractivity contribution in [3.8, 4) is 11.5 Å². The number of aliphatic imine (C=N–C) groups is 1. The van der Waals surface area contributed by atoms with E-state index in [1.165, 1.54) is 4.88 Å². The molecule has 2 heterocycles. The van der Waals surface area contributed by atoms with Crippen molar-refractivity contribution in [1.29, 1.82) is 0 Å². The van der Waals surface area contributed by atoms with Gasteiger partial charge in [-0.15, -0.1) is 35.3 Å². The Morgan fingerprint density at radius 1 is 1.15 bits per heavy atom. The lowest BCUT2D eigenvalue weighted by molar-refractivity contribution is 0.572. The molecule has 2 aromatic heterocycles. The number of aromatic nitrogens is 2. The van der Waals surface area contributed by atoms with Gasteiger partial charge in [0.15, 0.2) is 5.96 Å². The van der Waals surface area contributed by atoms with Crippen LogP contribution in [0.2, 0.25) is 0 Å². The highest BCUT2D eigenvalue weighted by molar-refractivity contribution is 14.0. The summed E-state index contributed by atoms with van der Waals surface area (Å²) in [7, 11) is 0. The Balaban J connectivity index is 0.00000261. The second-order valence-corrected chi connectivity index (χ2v) is 7.10. The molecule has 0 fully saturated rings. The van der Waals surface area contributed by atoms with Crippen LogP contribution >= 0.6 is 35.3 Å². The molecule has 0 saturated carbocycles. The molecule has 0 atom stereocenters. The lowest BCUT2D eigenvalue weighted by Gasteiger charge is -2.09. The number of rotatable bonds is 6. The molecule has 0 aliphatic heterocycles. The summed E-state index contributed by atoms with van der Waals surface area (Å²) in [5.41, 5.74) is 2.84. The van der Waals surface area contributed by atoms with E-state index in [9.17, 15) is 0 Å². The SMILES string of the molecule is CCNC(=NCc1coc(-c2ccccc2)n1)NCc1nc(C)c(C)s1.I.